The molecule has 0 aromatic heterocycles. The zero-order chi connectivity index (χ0) is 24.7. The Morgan fingerprint density at radius 1 is 1.09 bits per heavy atom. The first-order valence-corrected chi connectivity index (χ1v) is 13.0. The van der Waals surface area contributed by atoms with Gasteiger partial charge in [-0.15, -0.1) is 0 Å². The third kappa shape index (κ3) is 6.01. The van der Waals surface area contributed by atoms with Crippen LogP contribution in [0.4, 0.5) is 0 Å². The molecule has 1 atom stereocenters. The number of carbonyl (C=O) groups excluding carboxylic acids is 1. The summed E-state index contributed by atoms with van der Waals surface area (Å²) in [6, 6.07) is 10.5. The van der Waals surface area contributed by atoms with Gasteiger partial charge in [0.1, 0.15) is 5.75 Å². The lowest BCUT2D eigenvalue weighted by Gasteiger charge is -2.31. The Bertz CT molecular complexity index is 1100. The molecular formula is C25H34N2O6S. The van der Waals surface area contributed by atoms with Crippen LogP contribution in [0.5, 0.6) is 17.2 Å². The number of sulfonamides is 1. The van der Waals surface area contributed by atoms with Gasteiger partial charge in [0.05, 0.1) is 31.6 Å². The maximum absolute atomic E-state index is 13.2. The number of benzene rings is 2. The highest BCUT2D eigenvalue weighted by molar-refractivity contribution is 7.89. The second-order valence-corrected chi connectivity index (χ2v) is 10.2. The van der Waals surface area contributed by atoms with Crippen molar-refractivity contribution < 1.29 is 27.4 Å². The minimum Gasteiger partial charge on any atom is -0.494 e. The maximum atomic E-state index is 13.2. The fourth-order valence-corrected chi connectivity index (χ4v) is 5.74. The largest absolute Gasteiger partial charge is 0.494 e. The van der Waals surface area contributed by atoms with Crippen LogP contribution < -0.4 is 19.5 Å². The van der Waals surface area contributed by atoms with E-state index in [0.717, 1.165) is 11.1 Å². The normalized spacial score (nSPS) is 16.6. The molecule has 1 heterocycles. The number of nitrogens with one attached hydrogen (secondary N) is 1. The van der Waals surface area contributed by atoms with E-state index in [1.165, 1.54) is 4.31 Å². The molecule has 34 heavy (non-hydrogen) atoms. The average molecular weight is 491 g/mol. The van der Waals surface area contributed by atoms with Gasteiger partial charge in [-0.2, -0.15) is 4.31 Å². The number of hydrogen-bond donors (Lipinski definition) is 1. The molecule has 8 nitrogen and oxygen atoms in total. The zero-order valence-electron chi connectivity index (χ0n) is 20.3. The fourth-order valence-electron chi connectivity index (χ4n) is 4.13. The number of nitrogens with zero attached hydrogens (tertiary/aromatic N) is 1. The summed E-state index contributed by atoms with van der Waals surface area (Å²) in [5.74, 6) is 1.47. The highest BCUT2D eigenvalue weighted by atomic mass is 32.2. The molecule has 0 unspecified atom stereocenters. The van der Waals surface area contributed by atoms with E-state index < -0.39 is 10.0 Å². The van der Waals surface area contributed by atoms with Crippen LogP contribution in [0.2, 0.25) is 0 Å². The molecule has 2 aromatic carbocycles. The van der Waals surface area contributed by atoms with Gasteiger partial charge in [0.2, 0.25) is 15.9 Å². The van der Waals surface area contributed by atoms with Crippen LogP contribution in [0.3, 0.4) is 0 Å². The molecule has 1 fully saturated rings. The Morgan fingerprint density at radius 2 is 1.82 bits per heavy atom. The molecule has 3 rings (SSSR count). The molecule has 1 saturated heterocycles. The summed E-state index contributed by atoms with van der Waals surface area (Å²) < 4.78 is 44.0. The smallest absolute Gasteiger partial charge is 0.243 e. The summed E-state index contributed by atoms with van der Waals surface area (Å²) in [7, 11) is -0.518. The molecule has 0 spiro atoms. The van der Waals surface area contributed by atoms with Gasteiger partial charge in [-0.1, -0.05) is 6.07 Å². The number of ether oxygens (including phenoxy) is 3. The van der Waals surface area contributed by atoms with Crippen molar-refractivity contribution >= 4 is 15.9 Å². The van der Waals surface area contributed by atoms with Crippen molar-refractivity contribution in [3.05, 3.63) is 47.5 Å². The Balaban J connectivity index is 1.59. The molecule has 1 aliphatic rings. The lowest BCUT2D eigenvalue weighted by molar-refractivity contribution is -0.126. The fraction of sp³-hybridized carbons (Fsp3) is 0.480. The molecule has 0 saturated carbocycles. The number of rotatable bonds is 10. The monoisotopic (exact) mass is 490 g/mol. The number of hydrogen-bond acceptors (Lipinski definition) is 6. The Labute approximate surface area is 202 Å². The van der Waals surface area contributed by atoms with E-state index in [0.29, 0.717) is 56.2 Å². The summed E-state index contributed by atoms with van der Waals surface area (Å²) in [5, 5.41) is 2.96. The van der Waals surface area contributed by atoms with Crippen molar-refractivity contribution in [2.24, 2.45) is 5.92 Å². The van der Waals surface area contributed by atoms with E-state index in [4.69, 9.17) is 14.2 Å². The highest BCUT2D eigenvalue weighted by Gasteiger charge is 2.33. The predicted octanol–water partition coefficient (Wildman–Crippen LogP) is 3.17. The number of piperidine rings is 1. The van der Waals surface area contributed by atoms with Gasteiger partial charge in [-0.3, -0.25) is 4.79 Å². The number of aryl methyl sites for hydroxylation is 1. The van der Waals surface area contributed by atoms with E-state index in [2.05, 4.69) is 5.32 Å². The summed E-state index contributed by atoms with van der Waals surface area (Å²) in [6.07, 6.45) is 1.94. The molecule has 0 bridgehead atoms. The van der Waals surface area contributed by atoms with Crippen LogP contribution in [0.15, 0.2) is 41.3 Å². The van der Waals surface area contributed by atoms with E-state index in [9.17, 15) is 13.2 Å². The highest BCUT2D eigenvalue weighted by Crippen LogP contribution is 2.29. The lowest BCUT2D eigenvalue weighted by Crippen LogP contribution is -2.45. The van der Waals surface area contributed by atoms with E-state index in [1.807, 2.05) is 32.0 Å². The number of carbonyl (C=O) groups is 1. The summed E-state index contributed by atoms with van der Waals surface area (Å²) in [4.78, 5) is 13.0. The molecule has 1 N–H and O–H groups in total. The van der Waals surface area contributed by atoms with Crippen molar-refractivity contribution in [1.29, 1.82) is 0 Å². The quantitative estimate of drug-likeness (QED) is 0.550. The van der Waals surface area contributed by atoms with Crippen molar-refractivity contribution in [3.8, 4) is 17.2 Å². The summed E-state index contributed by atoms with van der Waals surface area (Å²) in [5.41, 5.74) is 1.78. The SMILES string of the molecule is CCOc1ccc(S(=O)(=O)N2CCC[C@H](C(=O)NCCc3ccc(OC)c(OC)c3)C2)cc1C. The van der Waals surface area contributed by atoms with Crippen LogP contribution in [-0.2, 0) is 21.2 Å². The minimum atomic E-state index is -3.69. The van der Waals surface area contributed by atoms with E-state index in [1.54, 1.807) is 32.4 Å². The van der Waals surface area contributed by atoms with Gasteiger partial charge >= 0.3 is 0 Å². The average Bonchev–Trinajstić information content (AvgIpc) is 2.85. The second-order valence-electron chi connectivity index (χ2n) is 8.29. The van der Waals surface area contributed by atoms with E-state index >= 15 is 0 Å². The van der Waals surface area contributed by atoms with E-state index in [-0.39, 0.29) is 23.3 Å². The van der Waals surface area contributed by atoms with Gasteiger partial charge in [0.25, 0.3) is 0 Å². The lowest BCUT2D eigenvalue weighted by atomic mass is 9.99. The first-order chi connectivity index (χ1) is 16.3. The molecule has 0 aliphatic carbocycles. The molecule has 9 heteroatoms. The number of methoxy groups -OCH3 is 2. The molecular weight excluding hydrogens is 456 g/mol. The predicted molar refractivity (Wildman–Crippen MR) is 130 cm³/mol. The molecule has 1 amide bonds. The zero-order valence-corrected chi connectivity index (χ0v) is 21.1. The van der Waals surface area contributed by atoms with Gasteiger partial charge in [-0.05, 0) is 74.6 Å². The van der Waals surface area contributed by atoms with Crippen LogP contribution in [0.1, 0.15) is 30.9 Å². The first-order valence-electron chi connectivity index (χ1n) is 11.5. The van der Waals surface area contributed by atoms with Gasteiger partial charge in [0, 0.05) is 19.6 Å². The molecule has 186 valence electrons. The van der Waals surface area contributed by atoms with Gasteiger partial charge < -0.3 is 19.5 Å². The molecule has 0 radical (unpaired) electrons. The van der Waals surface area contributed by atoms with Crippen LogP contribution >= 0.6 is 0 Å². The van der Waals surface area contributed by atoms with Crippen LogP contribution in [0.25, 0.3) is 0 Å². The third-order valence-corrected chi connectivity index (χ3v) is 7.86. The van der Waals surface area contributed by atoms with Crippen molar-refractivity contribution in [2.45, 2.75) is 38.0 Å². The standard InChI is InChI=1S/C25H34N2O6S/c1-5-33-22-11-9-21(15-18(22)2)34(29,30)27-14-6-7-20(17-27)25(28)26-13-12-19-8-10-23(31-3)24(16-19)32-4/h8-11,15-16,20H,5-7,12-14,17H2,1-4H3,(H,26,28)/t20-/m0/s1. The summed E-state index contributed by atoms with van der Waals surface area (Å²) in [6.45, 7) is 5.27. The van der Waals surface area contributed by atoms with Crippen molar-refractivity contribution in [3.63, 3.8) is 0 Å². The van der Waals surface area contributed by atoms with Crippen molar-refractivity contribution in [2.75, 3.05) is 40.5 Å². The third-order valence-electron chi connectivity index (χ3n) is 6.00. The Hall–Kier alpha value is -2.78. The number of amides is 1. The van der Waals surface area contributed by atoms with Crippen LogP contribution in [0, 0.1) is 12.8 Å². The van der Waals surface area contributed by atoms with Gasteiger partial charge in [0.15, 0.2) is 11.5 Å². The Kier molecular flexibility index (Phi) is 8.79. The second kappa shape index (κ2) is 11.6. The minimum absolute atomic E-state index is 0.122. The molecule has 1 aliphatic heterocycles. The van der Waals surface area contributed by atoms with Gasteiger partial charge in [-0.25, -0.2) is 8.42 Å². The Morgan fingerprint density at radius 3 is 2.50 bits per heavy atom. The van der Waals surface area contributed by atoms with Crippen LogP contribution in [-0.4, -0.2) is 59.1 Å². The van der Waals surface area contributed by atoms with Crippen molar-refractivity contribution in [1.82, 2.24) is 9.62 Å². The molecule has 2 aromatic rings. The summed E-state index contributed by atoms with van der Waals surface area (Å²) >= 11 is 0. The maximum Gasteiger partial charge on any atom is 0.243 e. The topological polar surface area (TPSA) is 94.2 Å². The first kappa shape index (κ1) is 25.8.